The zero-order chi connectivity index (χ0) is 20.4. The first-order valence-corrected chi connectivity index (χ1v) is 11.0. The molecule has 2 aromatic rings. The molecule has 4 rings (SSSR count). The number of carbonyl (C=O) groups excluding carboxylic acids is 2. The molecule has 1 aliphatic heterocycles. The highest BCUT2D eigenvalue weighted by Gasteiger charge is 2.28. The van der Waals surface area contributed by atoms with E-state index in [1.807, 2.05) is 0 Å². The maximum absolute atomic E-state index is 13.2. The number of anilines is 1. The topological polar surface area (TPSA) is 74.3 Å². The maximum Gasteiger partial charge on any atom is 0.271 e. The van der Waals surface area contributed by atoms with E-state index in [2.05, 4.69) is 20.5 Å². The van der Waals surface area contributed by atoms with E-state index >= 15 is 0 Å². The van der Waals surface area contributed by atoms with Gasteiger partial charge in [0.05, 0.1) is 5.02 Å². The number of hydrogen-bond donors (Lipinski definition) is 2. The van der Waals surface area contributed by atoms with Crippen LogP contribution in [-0.4, -0.2) is 47.4 Å². The second kappa shape index (κ2) is 8.77. The molecule has 1 aliphatic carbocycles. The number of halogens is 2. The lowest BCUT2D eigenvalue weighted by Crippen LogP contribution is -2.45. The first-order valence-electron chi connectivity index (χ1n) is 9.73. The van der Waals surface area contributed by atoms with Gasteiger partial charge in [-0.1, -0.05) is 11.6 Å². The van der Waals surface area contributed by atoms with Crippen LogP contribution >= 0.6 is 22.9 Å². The third kappa shape index (κ3) is 5.32. The Kier molecular flexibility index (Phi) is 6.12. The number of amides is 2. The van der Waals surface area contributed by atoms with Gasteiger partial charge >= 0.3 is 0 Å². The normalized spacial score (nSPS) is 17.9. The second-order valence-electron chi connectivity index (χ2n) is 7.61. The number of likely N-dealkylation sites (tertiary alicyclic amines) is 1. The summed E-state index contributed by atoms with van der Waals surface area (Å²) in [6.45, 7) is 3.22. The van der Waals surface area contributed by atoms with E-state index in [4.69, 9.17) is 11.6 Å². The second-order valence-corrected chi connectivity index (χ2v) is 8.88. The van der Waals surface area contributed by atoms with Crippen molar-refractivity contribution in [3.8, 4) is 0 Å². The minimum Gasteiger partial charge on any atom is -0.348 e. The van der Waals surface area contributed by atoms with E-state index in [-0.39, 0.29) is 28.2 Å². The van der Waals surface area contributed by atoms with Crippen molar-refractivity contribution in [2.24, 2.45) is 5.92 Å². The summed E-state index contributed by atoms with van der Waals surface area (Å²) in [6.07, 6.45) is 4.59. The van der Waals surface area contributed by atoms with Crippen LogP contribution in [0.2, 0.25) is 5.02 Å². The predicted molar refractivity (Wildman–Crippen MR) is 111 cm³/mol. The number of nitrogens with zero attached hydrogens (tertiary/aromatic N) is 2. The van der Waals surface area contributed by atoms with Gasteiger partial charge in [-0.15, -0.1) is 11.3 Å². The van der Waals surface area contributed by atoms with Gasteiger partial charge in [-0.2, -0.15) is 0 Å². The fourth-order valence-electron chi connectivity index (χ4n) is 3.43. The van der Waals surface area contributed by atoms with Gasteiger partial charge in [-0.25, -0.2) is 9.37 Å². The van der Waals surface area contributed by atoms with Crippen LogP contribution in [0, 0.1) is 11.7 Å². The monoisotopic (exact) mass is 436 g/mol. The SMILES string of the molecule is O=C(Nc1nc(C(=O)NC2CCN(CC3CC3)CC2)cs1)c1ccc(F)c(Cl)c1. The molecule has 0 spiro atoms. The molecular weight excluding hydrogens is 415 g/mol. The average Bonchev–Trinajstić information content (AvgIpc) is 3.40. The number of thiazole rings is 1. The summed E-state index contributed by atoms with van der Waals surface area (Å²) >= 11 is 6.88. The van der Waals surface area contributed by atoms with E-state index in [0.29, 0.717) is 5.13 Å². The third-order valence-corrected chi connectivity index (χ3v) is 6.32. The van der Waals surface area contributed by atoms with Gasteiger partial charge < -0.3 is 10.2 Å². The van der Waals surface area contributed by atoms with Crippen LogP contribution in [0.4, 0.5) is 9.52 Å². The van der Waals surface area contributed by atoms with Gasteiger partial charge in [0.2, 0.25) is 0 Å². The minimum absolute atomic E-state index is 0.125. The van der Waals surface area contributed by atoms with Crippen molar-refractivity contribution in [3.63, 3.8) is 0 Å². The van der Waals surface area contributed by atoms with Crippen molar-refractivity contribution >= 4 is 39.9 Å². The number of rotatable bonds is 6. The van der Waals surface area contributed by atoms with Crippen molar-refractivity contribution in [2.45, 2.75) is 31.7 Å². The molecule has 154 valence electrons. The van der Waals surface area contributed by atoms with E-state index in [1.165, 1.54) is 42.9 Å². The average molecular weight is 437 g/mol. The molecule has 0 bridgehead atoms. The van der Waals surface area contributed by atoms with E-state index in [9.17, 15) is 14.0 Å². The fourth-order valence-corrected chi connectivity index (χ4v) is 4.29. The molecule has 1 saturated heterocycles. The third-order valence-electron chi connectivity index (χ3n) is 5.28. The van der Waals surface area contributed by atoms with Crippen molar-refractivity contribution in [2.75, 3.05) is 25.0 Å². The first kappa shape index (κ1) is 20.3. The first-order chi connectivity index (χ1) is 14.0. The lowest BCUT2D eigenvalue weighted by molar-refractivity contribution is 0.0904. The standard InChI is InChI=1S/C20H22ClFN4O2S/c21-15-9-13(3-4-16(15)22)18(27)25-20-24-17(11-29-20)19(28)23-14-5-7-26(8-6-14)10-12-1-2-12/h3-4,9,11-12,14H,1-2,5-8,10H2,(H,23,28)(H,24,25,27). The van der Waals surface area contributed by atoms with Gasteiger partial charge in [0.25, 0.3) is 11.8 Å². The number of aromatic nitrogens is 1. The van der Waals surface area contributed by atoms with Crippen LogP contribution in [0.5, 0.6) is 0 Å². The van der Waals surface area contributed by atoms with Crippen LogP contribution < -0.4 is 10.6 Å². The molecule has 2 aliphatic rings. The predicted octanol–water partition coefficient (Wildman–Crippen LogP) is 3.79. The maximum atomic E-state index is 13.2. The summed E-state index contributed by atoms with van der Waals surface area (Å²) in [4.78, 5) is 31.4. The Balaban J connectivity index is 1.28. The van der Waals surface area contributed by atoms with E-state index in [1.54, 1.807) is 5.38 Å². The fraction of sp³-hybridized carbons (Fsp3) is 0.450. The van der Waals surface area contributed by atoms with Crippen LogP contribution in [0.15, 0.2) is 23.6 Å². The summed E-state index contributed by atoms with van der Waals surface area (Å²) < 4.78 is 13.2. The van der Waals surface area contributed by atoms with Crippen molar-refractivity contribution in [3.05, 3.63) is 45.7 Å². The highest BCUT2D eigenvalue weighted by molar-refractivity contribution is 7.14. The molecule has 29 heavy (non-hydrogen) atoms. The van der Waals surface area contributed by atoms with E-state index < -0.39 is 11.7 Å². The number of piperidine rings is 1. The van der Waals surface area contributed by atoms with Crippen LogP contribution in [-0.2, 0) is 0 Å². The Morgan fingerprint density at radius 1 is 1.21 bits per heavy atom. The van der Waals surface area contributed by atoms with Gasteiger partial charge in [-0.05, 0) is 49.8 Å². The molecule has 0 atom stereocenters. The number of nitrogens with one attached hydrogen (secondary N) is 2. The Labute approximate surface area is 177 Å². The molecule has 6 nitrogen and oxygen atoms in total. The zero-order valence-electron chi connectivity index (χ0n) is 15.8. The van der Waals surface area contributed by atoms with Crippen LogP contribution in [0.3, 0.4) is 0 Å². The Morgan fingerprint density at radius 3 is 2.66 bits per heavy atom. The van der Waals surface area contributed by atoms with Crippen LogP contribution in [0.25, 0.3) is 0 Å². The molecule has 0 unspecified atom stereocenters. The molecule has 1 saturated carbocycles. The quantitative estimate of drug-likeness (QED) is 0.722. The Bertz CT molecular complexity index is 910. The highest BCUT2D eigenvalue weighted by atomic mass is 35.5. The lowest BCUT2D eigenvalue weighted by Gasteiger charge is -2.32. The number of hydrogen-bond acceptors (Lipinski definition) is 5. The van der Waals surface area contributed by atoms with Gasteiger partial charge in [0.15, 0.2) is 5.13 Å². The van der Waals surface area contributed by atoms with Gasteiger partial charge in [0, 0.05) is 36.6 Å². The Morgan fingerprint density at radius 2 is 1.97 bits per heavy atom. The Hall–Kier alpha value is -2.03. The molecular formula is C20H22ClFN4O2S. The summed E-state index contributed by atoms with van der Waals surface area (Å²) in [5.74, 6) is -0.394. The molecule has 2 heterocycles. The number of carbonyl (C=O) groups is 2. The molecule has 9 heteroatoms. The largest absolute Gasteiger partial charge is 0.348 e. The molecule has 2 N–H and O–H groups in total. The molecule has 2 amide bonds. The highest BCUT2D eigenvalue weighted by Crippen LogP contribution is 2.30. The smallest absolute Gasteiger partial charge is 0.271 e. The van der Waals surface area contributed by atoms with Gasteiger partial charge in [0.1, 0.15) is 11.5 Å². The minimum atomic E-state index is -0.588. The van der Waals surface area contributed by atoms with Crippen molar-refractivity contribution < 1.29 is 14.0 Å². The van der Waals surface area contributed by atoms with Gasteiger partial charge in [-0.3, -0.25) is 14.9 Å². The summed E-state index contributed by atoms with van der Waals surface area (Å²) in [6, 6.07) is 3.88. The van der Waals surface area contributed by atoms with E-state index in [0.717, 1.165) is 37.9 Å². The zero-order valence-corrected chi connectivity index (χ0v) is 17.4. The van der Waals surface area contributed by atoms with Crippen molar-refractivity contribution in [1.82, 2.24) is 15.2 Å². The lowest BCUT2D eigenvalue weighted by atomic mass is 10.0. The summed E-state index contributed by atoms with van der Waals surface area (Å²) in [5.41, 5.74) is 0.499. The molecule has 2 fully saturated rings. The summed E-state index contributed by atoms with van der Waals surface area (Å²) in [5, 5.41) is 7.45. The molecule has 1 aromatic heterocycles. The molecule has 1 aromatic carbocycles. The number of benzene rings is 1. The van der Waals surface area contributed by atoms with Crippen molar-refractivity contribution in [1.29, 1.82) is 0 Å². The van der Waals surface area contributed by atoms with Crippen LogP contribution in [0.1, 0.15) is 46.5 Å². The summed E-state index contributed by atoms with van der Waals surface area (Å²) in [7, 11) is 0. The molecule has 0 radical (unpaired) electrons.